The first-order valence-electron chi connectivity index (χ1n) is 5.60. The smallest absolute Gasteiger partial charge is 0.136 e. The van der Waals surface area contributed by atoms with Gasteiger partial charge in [-0.1, -0.05) is 31.0 Å². The quantitative estimate of drug-likeness (QED) is 0.797. The summed E-state index contributed by atoms with van der Waals surface area (Å²) < 4.78 is 0. The zero-order valence-electron chi connectivity index (χ0n) is 9.83. The van der Waals surface area contributed by atoms with E-state index < -0.39 is 0 Å². The maximum atomic E-state index is 9.26. The third-order valence-corrected chi connectivity index (χ3v) is 2.86. The summed E-state index contributed by atoms with van der Waals surface area (Å²) in [4.78, 5) is 4.05. The lowest BCUT2D eigenvalue weighted by Crippen LogP contribution is -1.93. The summed E-state index contributed by atoms with van der Waals surface area (Å²) in [5.41, 5.74) is 3.02. The molecule has 0 aromatic carbocycles. The number of halogens is 1. The van der Waals surface area contributed by atoms with E-state index in [0.717, 1.165) is 36.0 Å². The fourth-order valence-electron chi connectivity index (χ4n) is 1.51. The van der Waals surface area contributed by atoms with Gasteiger partial charge in [0.05, 0.1) is 6.61 Å². The van der Waals surface area contributed by atoms with Crippen LogP contribution in [-0.2, 0) is 0 Å². The van der Waals surface area contributed by atoms with Gasteiger partial charge < -0.3 is 5.11 Å². The topological polar surface area (TPSA) is 33.1 Å². The van der Waals surface area contributed by atoms with Crippen LogP contribution in [0.3, 0.4) is 0 Å². The summed E-state index contributed by atoms with van der Waals surface area (Å²) in [6.07, 6.45) is 6.78. The van der Waals surface area contributed by atoms with E-state index in [2.05, 4.69) is 11.9 Å². The standard InChI is InChI=1S/C13H18ClNO/c1-3-4-5-11(9-16)8-12-10(2)6-7-15-13(12)14/h6-8,16H,3-5,9H2,1-2H3/b11-8+. The van der Waals surface area contributed by atoms with Crippen LogP contribution in [0.1, 0.15) is 37.3 Å². The SMILES string of the molecule is CCCC/C(=C\c1c(C)ccnc1Cl)CO. The fraction of sp³-hybridized carbons (Fsp3) is 0.462. The zero-order valence-corrected chi connectivity index (χ0v) is 10.6. The molecule has 0 radical (unpaired) electrons. The Morgan fingerprint density at radius 2 is 2.31 bits per heavy atom. The summed E-state index contributed by atoms with van der Waals surface area (Å²) in [6, 6.07) is 1.92. The van der Waals surface area contributed by atoms with Crippen molar-refractivity contribution in [2.45, 2.75) is 33.1 Å². The van der Waals surface area contributed by atoms with Crippen molar-refractivity contribution in [3.63, 3.8) is 0 Å². The first-order valence-corrected chi connectivity index (χ1v) is 5.98. The number of unbranched alkanes of at least 4 members (excludes halogenated alkanes) is 1. The number of nitrogens with zero attached hydrogens (tertiary/aromatic N) is 1. The molecule has 1 aromatic rings. The van der Waals surface area contributed by atoms with Gasteiger partial charge in [0.15, 0.2) is 0 Å². The normalized spacial score (nSPS) is 11.9. The van der Waals surface area contributed by atoms with Gasteiger partial charge in [-0.25, -0.2) is 4.98 Å². The number of aliphatic hydroxyl groups is 1. The Balaban J connectivity index is 2.94. The van der Waals surface area contributed by atoms with E-state index in [1.54, 1.807) is 6.20 Å². The monoisotopic (exact) mass is 239 g/mol. The molecule has 0 aliphatic carbocycles. The van der Waals surface area contributed by atoms with Crippen LogP contribution in [0.5, 0.6) is 0 Å². The van der Waals surface area contributed by atoms with Crippen LogP contribution in [0.4, 0.5) is 0 Å². The summed E-state index contributed by atoms with van der Waals surface area (Å²) in [5, 5.41) is 9.77. The van der Waals surface area contributed by atoms with Gasteiger partial charge in [0.25, 0.3) is 0 Å². The molecule has 0 amide bonds. The van der Waals surface area contributed by atoms with Crippen molar-refractivity contribution < 1.29 is 5.11 Å². The predicted octanol–water partition coefficient (Wildman–Crippen LogP) is 3.61. The van der Waals surface area contributed by atoms with Gasteiger partial charge in [0.1, 0.15) is 5.15 Å². The number of hydrogen-bond acceptors (Lipinski definition) is 2. The molecule has 0 saturated heterocycles. The Morgan fingerprint density at radius 1 is 1.56 bits per heavy atom. The highest BCUT2D eigenvalue weighted by Gasteiger charge is 2.04. The van der Waals surface area contributed by atoms with E-state index in [9.17, 15) is 5.11 Å². The van der Waals surface area contributed by atoms with Crippen molar-refractivity contribution in [2.24, 2.45) is 0 Å². The molecule has 16 heavy (non-hydrogen) atoms. The Kier molecular flexibility index (Phi) is 5.50. The van der Waals surface area contributed by atoms with E-state index >= 15 is 0 Å². The van der Waals surface area contributed by atoms with E-state index in [-0.39, 0.29) is 6.61 Å². The lowest BCUT2D eigenvalue weighted by Gasteiger charge is -2.06. The highest BCUT2D eigenvalue weighted by Crippen LogP contribution is 2.21. The second kappa shape index (κ2) is 6.66. The number of rotatable bonds is 5. The summed E-state index contributed by atoms with van der Waals surface area (Å²) >= 11 is 6.03. The van der Waals surface area contributed by atoms with E-state index in [1.165, 1.54) is 0 Å². The van der Waals surface area contributed by atoms with Crippen molar-refractivity contribution >= 4 is 17.7 Å². The van der Waals surface area contributed by atoms with Crippen LogP contribution < -0.4 is 0 Å². The molecule has 3 heteroatoms. The summed E-state index contributed by atoms with van der Waals surface area (Å²) in [5.74, 6) is 0. The van der Waals surface area contributed by atoms with Crippen LogP contribution in [-0.4, -0.2) is 16.7 Å². The predicted molar refractivity (Wildman–Crippen MR) is 68.6 cm³/mol. The molecule has 0 saturated carbocycles. The molecule has 1 aromatic heterocycles. The molecule has 2 nitrogen and oxygen atoms in total. The highest BCUT2D eigenvalue weighted by atomic mass is 35.5. The highest BCUT2D eigenvalue weighted by molar-refractivity contribution is 6.31. The van der Waals surface area contributed by atoms with Crippen molar-refractivity contribution in [3.8, 4) is 0 Å². The van der Waals surface area contributed by atoms with Crippen LogP contribution in [0.2, 0.25) is 5.15 Å². The second-order valence-corrected chi connectivity index (χ2v) is 4.25. The van der Waals surface area contributed by atoms with Gasteiger partial charge in [-0.15, -0.1) is 0 Å². The number of aliphatic hydroxyl groups excluding tert-OH is 1. The molecule has 1 rings (SSSR count). The molecule has 0 spiro atoms. The Hall–Kier alpha value is -0.860. The van der Waals surface area contributed by atoms with Gasteiger partial charge in [-0.2, -0.15) is 0 Å². The van der Waals surface area contributed by atoms with E-state index in [1.807, 2.05) is 19.1 Å². The molecule has 1 heterocycles. The van der Waals surface area contributed by atoms with Crippen LogP contribution in [0, 0.1) is 6.92 Å². The molecule has 0 aliphatic heterocycles. The minimum absolute atomic E-state index is 0.0880. The fourth-order valence-corrected chi connectivity index (χ4v) is 1.77. The van der Waals surface area contributed by atoms with Crippen LogP contribution in [0.15, 0.2) is 17.8 Å². The Bertz CT molecular complexity index is 354. The average Bonchev–Trinajstić information content (AvgIpc) is 2.28. The minimum Gasteiger partial charge on any atom is -0.392 e. The largest absolute Gasteiger partial charge is 0.392 e. The molecule has 0 aliphatic rings. The Labute approximate surface area is 102 Å². The molecule has 0 bridgehead atoms. The first-order chi connectivity index (χ1) is 7.69. The Morgan fingerprint density at radius 3 is 2.88 bits per heavy atom. The first kappa shape index (κ1) is 13.2. The molecule has 0 atom stereocenters. The lowest BCUT2D eigenvalue weighted by molar-refractivity contribution is 0.327. The maximum Gasteiger partial charge on any atom is 0.136 e. The second-order valence-electron chi connectivity index (χ2n) is 3.90. The summed E-state index contributed by atoms with van der Waals surface area (Å²) in [6.45, 7) is 4.22. The number of pyridine rings is 1. The van der Waals surface area contributed by atoms with E-state index in [4.69, 9.17) is 11.6 Å². The molecular weight excluding hydrogens is 222 g/mol. The number of hydrogen-bond donors (Lipinski definition) is 1. The van der Waals surface area contributed by atoms with Crippen molar-refractivity contribution in [2.75, 3.05) is 6.61 Å². The third-order valence-electron chi connectivity index (χ3n) is 2.56. The van der Waals surface area contributed by atoms with Crippen molar-refractivity contribution in [1.82, 2.24) is 4.98 Å². The van der Waals surface area contributed by atoms with Gasteiger partial charge in [-0.05, 0) is 37.0 Å². The number of aryl methyl sites for hydroxylation is 1. The average molecular weight is 240 g/mol. The molecule has 0 unspecified atom stereocenters. The molecule has 0 fully saturated rings. The zero-order chi connectivity index (χ0) is 12.0. The van der Waals surface area contributed by atoms with Crippen LogP contribution >= 0.6 is 11.6 Å². The molecule has 88 valence electrons. The van der Waals surface area contributed by atoms with Gasteiger partial charge in [0.2, 0.25) is 0 Å². The van der Waals surface area contributed by atoms with Crippen molar-refractivity contribution in [3.05, 3.63) is 34.1 Å². The number of aromatic nitrogens is 1. The van der Waals surface area contributed by atoms with Crippen LogP contribution in [0.25, 0.3) is 6.08 Å². The molecular formula is C13H18ClNO. The third kappa shape index (κ3) is 3.62. The lowest BCUT2D eigenvalue weighted by atomic mass is 10.0. The maximum absolute atomic E-state index is 9.26. The summed E-state index contributed by atoms with van der Waals surface area (Å²) in [7, 11) is 0. The molecule has 1 N–H and O–H groups in total. The van der Waals surface area contributed by atoms with Crippen molar-refractivity contribution in [1.29, 1.82) is 0 Å². The minimum atomic E-state index is 0.0880. The van der Waals surface area contributed by atoms with E-state index in [0.29, 0.717) is 5.15 Å². The van der Waals surface area contributed by atoms with Gasteiger partial charge in [-0.3, -0.25) is 0 Å². The van der Waals surface area contributed by atoms with Gasteiger partial charge in [0, 0.05) is 11.8 Å². The van der Waals surface area contributed by atoms with Gasteiger partial charge >= 0.3 is 0 Å².